The van der Waals surface area contributed by atoms with Gasteiger partial charge in [0.25, 0.3) is 0 Å². The van der Waals surface area contributed by atoms with Crippen LogP contribution in [0.3, 0.4) is 0 Å². The number of ether oxygens (including phenoxy) is 4. The molecule has 2 fully saturated rings. The summed E-state index contributed by atoms with van der Waals surface area (Å²) in [4.78, 5) is 0. The highest BCUT2D eigenvalue weighted by Crippen LogP contribution is 2.27. The SMILES string of the molecule is CO[C@@H]1OC[C@@H](O)[C@H](O[C@@H]2O[C@H](CO)[C@H](O)[C@H](O)[C@H]2O)[C@H]1O. The molecule has 9 atom stereocenters. The van der Waals surface area contributed by atoms with Gasteiger partial charge >= 0.3 is 0 Å². The van der Waals surface area contributed by atoms with Crippen LogP contribution in [0.15, 0.2) is 0 Å². The first-order chi connectivity index (χ1) is 10.4. The molecule has 6 N–H and O–H groups in total. The van der Waals surface area contributed by atoms with Crippen molar-refractivity contribution >= 4 is 0 Å². The van der Waals surface area contributed by atoms with Crippen molar-refractivity contribution in [1.29, 1.82) is 0 Å². The molecule has 0 unspecified atom stereocenters. The van der Waals surface area contributed by atoms with E-state index in [1.165, 1.54) is 7.11 Å². The maximum absolute atomic E-state index is 10.0. The van der Waals surface area contributed by atoms with Gasteiger partial charge in [-0.2, -0.15) is 0 Å². The van der Waals surface area contributed by atoms with E-state index >= 15 is 0 Å². The van der Waals surface area contributed by atoms with Crippen LogP contribution in [-0.4, -0.2) is 106 Å². The fourth-order valence-corrected chi connectivity index (χ4v) is 2.48. The van der Waals surface area contributed by atoms with Crippen LogP contribution in [0.5, 0.6) is 0 Å². The maximum atomic E-state index is 10.0. The smallest absolute Gasteiger partial charge is 0.187 e. The van der Waals surface area contributed by atoms with Crippen LogP contribution in [-0.2, 0) is 18.9 Å². The molecular formula is C12H22O10. The van der Waals surface area contributed by atoms with Gasteiger partial charge in [0.05, 0.1) is 13.2 Å². The molecule has 2 saturated heterocycles. The van der Waals surface area contributed by atoms with Gasteiger partial charge in [-0.1, -0.05) is 0 Å². The quantitative estimate of drug-likeness (QED) is 0.300. The number of aliphatic hydroxyl groups excluding tert-OH is 6. The lowest BCUT2D eigenvalue weighted by Crippen LogP contribution is -2.62. The average Bonchev–Trinajstić information content (AvgIpc) is 2.51. The van der Waals surface area contributed by atoms with Crippen molar-refractivity contribution in [3.05, 3.63) is 0 Å². The molecule has 0 spiro atoms. The standard InChI is InChI=1S/C12H22O10/c1-19-11-9(18)10(4(14)3-20-11)22-12-8(17)7(16)6(15)5(2-13)21-12/h4-18H,2-3H2,1H3/t4-,5-,6+,7+,8-,9-,10+,11-,12+/m1/s1. The van der Waals surface area contributed by atoms with Gasteiger partial charge in [0.1, 0.15) is 42.7 Å². The van der Waals surface area contributed by atoms with Crippen molar-refractivity contribution < 1.29 is 49.6 Å². The van der Waals surface area contributed by atoms with Gasteiger partial charge in [-0.15, -0.1) is 0 Å². The zero-order chi connectivity index (χ0) is 16.4. The lowest BCUT2D eigenvalue weighted by molar-refractivity contribution is -0.347. The normalized spacial score (nSPS) is 50.0. The summed E-state index contributed by atoms with van der Waals surface area (Å²) in [6.07, 6.45) is -12.2. The van der Waals surface area contributed by atoms with Crippen LogP contribution < -0.4 is 0 Å². The van der Waals surface area contributed by atoms with E-state index in [0.717, 1.165) is 0 Å². The molecule has 0 aromatic carbocycles. The van der Waals surface area contributed by atoms with Crippen molar-refractivity contribution in [2.45, 2.75) is 55.3 Å². The minimum Gasteiger partial charge on any atom is -0.394 e. The highest BCUT2D eigenvalue weighted by molar-refractivity contribution is 4.91. The van der Waals surface area contributed by atoms with Crippen molar-refractivity contribution in [2.24, 2.45) is 0 Å². The third-order valence-electron chi connectivity index (χ3n) is 3.80. The van der Waals surface area contributed by atoms with Gasteiger partial charge in [-0.05, 0) is 0 Å². The van der Waals surface area contributed by atoms with Gasteiger partial charge in [0, 0.05) is 7.11 Å². The van der Waals surface area contributed by atoms with Gasteiger partial charge in [-0.25, -0.2) is 0 Å². The van der Waals surface area contributed by atoms with Crippen LogP contribution in [0.4, 0.5) is 0 Å². The zero-order valence-electron chi connectivity index (χ0n) is 11.9. The molecule has 0 aliphatic carbocycles. The topological polar surface area (TPSA) is 158 Å². The summed E-state index contributed by atoms with van der Waals surface area (Å²) in [5.74, 6) is 0. The summed E-state index contributed by atoms with van der Waals surface area (Å²) < 4.78 is 20.4. The van der Waals surface area contributed by atoms with Crippen LogP contribution in [0.1, 0.15) is 0 Å². The Kier molecular flexibility index (Phi) is 6.07. The van der Waals surface area contributed by atoms with E-state index < -0.39 is 61.9 Å². The first kappa shape index (κ1) is 17.9. The van der Waals surface area contributed by atoms with Gasteiger partial charge < -0.3 is 49.6 Å². The van der Waals surface area contributed by atoms with Crippen molar-refractivity contribution in [2.75, 3.05) is 20.3 Å². The monoisotopic (exact) mass is 326 g/mol. The summed E-state index contributed by atoms with van der Waals surface area (Å²) >= 11 is 0. The predicted octanol–water partition coefficient (Wildman–Crippen LogP) is -4.10. The van der Waals surface area contributed by atoms with Crippen LogP contribution in [0, 0.1) is 0 Å². The zero-order valence-corrected chi connectivity index (χ0v) is 11.9. The van der Waals surface area contributed by atoms with E-state index in [9.17, 15) is 25.5 Å². The largest absolute Gasteiger partial charge is 0.394 e. The third kappa shape index (κ3) is 3.41. The molecule has 2 rings (SSSR count). The Bertz CT molecular complexity index is 353. The fourth-order valence-electron chi connectivity index (χ4n) is 2.48. The number of rotatable bonds is 4. The molecule has 0 radical (unpaired) electrons. The Hall–Kier alpha value is -0.400. The highest BCUT2D eigenvalue weighted by Gasteiger charge is 2.48. The molecular weight excluding hydrogens is 304 g/mol. The molecule has 0 saturated carbocycles. The van der Waals surface area contributed by atoms with E-state index in [1.807, 2.05) is 0 Å². The minimum atomic E-state index is -1.62. The molecule has 0 bridgehead atoms. The Balaban J connectivity index is 2.07. The Morgan fingerprint density at radius 1 is 0.955 bits per heavy atom. The van der Waals surface area contributed by atoms with Crippen molar-refractivity contribution in [3.63, 3.8) is 0 Å². The van der Waals surface area contributed by atoms with E-state index in [-0.39, 0.29) is 6.61 Å². The van der Waals surface area contributed by atoms with E-state index in [0.29, 0.717) is 0 Å². The highest BCUT2D eigenvalue weighted by atomic mass is 16.7. The summed E-state index contributed by atoms with van der Waals surface area (Å²) in [6.45, 7) is -0.776. The van der Waals surface area contributed by atoms with Crippen LogP contribution >= 0.6 is 0 Å². The lowest BCUT2D eigenvalue weighted by Gasteiger charge is -2.43. The second-order valence-electron chi connectivity index (χ2n) is 5.29. The van der Waals surface area contributed by atoms with Crippen molar-refractivity contribution in [1.82, 2.24) is 0 Å². The van der Waals surface area contributed by atoms with E-state index in [2.05, 4.69) is 0 Å². The number of hydrogen-bond donors (Lipinski definition) is 6. The summed E-state index contributed by atoms with van der Waals surface area (Å²) in [6, 6.07) is 0. The van der Waals surface area contributed by atoms with Gasteiger partial charge in [0.2, 0.25) is 0 Å². The molecule has 0 aromatic heterocycles. The van der Waals surface area contributed by atoms with Gasteiger partial charge in [-0.3, -0.25) is 0 Å². The number of methoxy groups -OCH3 is 1. The molecule has 0 aromatic rings. The minimum absolute atomic E-state index is 0.169. The molecule has 2 heterocycles. The summed E-state index contributed by atoms with van der Waals surface area (Å²) in [5, 5.41) is 58.2. The Labute approximate surface area is 126 Å². The second-order valence-corrected chi connectivity index (χ2v) is 5.29. The lowest BCUT2D eigenvalue weighted by atomic mass is 9.98. The molecule has 10 heteroatoms. The summed E-state index contributed by atoms with van der Waals surface area (Å²) in [5.41, 5.74) is 0. The maximum Gasteiger partial charge on any atom is 0.187 e. The Morgan fingerprint density at radius 2 is 1.64 bits per heavy atom. The summed E-state index contributed by atoms with van der Waals surface area (Å²) in [7, 11) is 1.30. The predicted molar refractivity (Wildman–Crippen MR) is 67.4 cm³/mol. The number of aliphatic hydroxyl groups is 6. The molecule has 130 valence electrons. The Morgan fingerprint density at radius 3 is 2.23 bits per heavy atom. The molecule has 2 aliphatic heterocycles. The first-order valence-electron chi connectivity index (χ1n) is 6.87. The first-order valence-corrected chi connectivity index (χ1v) is 6.87. The molecule has 22 heavy (non-hydrogen) atoms. The molecule has 0 amide bonds. The molecule has 2 aliphatic rings. The fraction of sp³-hybridized carbons (Fsp3) is 1.00. The van der Waals surface area contributed by atoms with E-state index in [4.69, 9.17) is 24.1 Å². The van der Waals surface area contributed by atoms with Crippen molar-refractivity contribution in [3.8, 4) is 0 Å². The molecule has 10 nitrogen and oxygen atoms in total. The average molecular weight is 326 g/mol. The van der Waals surface area contributed by atoms with Crippen LogP contribution in [0.25, 0.3) is 0 Å². The third-order valence-corrected chi connectivity index (χ3v) is 3.80. The number of hydrogen-bond acceptors (Lipinski definition) is 10. The van der Waals surface area contributed by atoms with Gasteiger partial charge in [0.15, 0.2) is 12.6 Å². The second kappa shape index (κ2) is 7.45. The van der Waals surface area contributed by atoms with E-state index in [1.54, 1.807) is 0 Å². The van der Waals surface area contributed by atoms with Crippen LogP contribution in [0.2, 0.25) is 0 Å².